The van der Waals surface area contributed by atoms with Crippen LogP contribution in [0.4, 0.5) is 8.78 Å². The Labute approximate surface area is 198 Å². The predicted octanol–water partition coefficient (Wildman–Crippen LogP) is 3.09. The summed E-state index contributed by atoms with van der Waals surface area (Å²) in [6.07, 6.45) is 2.81. The van der Waals surface area contributed by atoms with Gasteiger partial charge in [-0.3, -0.25) is 14.5 Å². The number of ether oxygens (including phenoxy) is 2. The highest BCUT2D eigenvalue weighted by Crippen LogP contribution is 2.34. The molecule has 1 aliphatic carbocycles. The number of amides is 2. The van der Waals surface area contributed by atoms with Crippen molar-refractivity contribution in [3.05, 3.63) is 41.6 Å². The molecule has 184 valence electrons. The number of carbonyl (C=O) groups is 2. The van der Waals surface area contributed by atoms with Gasteiger partial charge in [-0.1, -0.05) is 13.0 Å². The summed E-state index contributed by atoms with van der Waals surface area (Å²) in [5.41, 5.74) is 2.18. The highest BCUT2D eigenvalue weighted by Gasteiger charge is 2.40. The van der Waals surface area contributed by atoms with Crippen molar-refractivity contribution in [2.24, 2.45) is 0 Å². The van der Waals surface area contributed by atoms with E-state index in [-0.39, 0.29) is 30.1 Å². The van der Waals surface area contributed by atoms with Crippen molar-refractivity contribution in [1.29, 1.82) is 0 Å². The van der Waals surface area contributed by atoms with E-state index < -0.39 is 19.1 Å². The zero-order valence-electron chi connectivity index (χ0n) is 19.2. The van der Waals surface area contributed by atoms with Crippen LogP contribution in [0.2, 0.25) is 0 Å². The molecule has 3 atom stereocenters. The number of alkyl halides is 2. The molecule has 9 heteroatoms. The monoisotopic (exact) mass is 475 g/mol. The first-order chi connectivity index (χ1) is 16.4. The molecule has 2 saturated heterocycles. The Morgan fingerprint density at radius 1 is 1.15 bits per heavy atom. The van der Waals surface area contributed by atoms with Gasteiger partial charge in [0.15, 0.2) is 0 Å². The molecule has 2 amide bonds. The second kappa shape index (κ2) is 9.62. The van der Waals surface area contributed by atoms with Gasteiger partial charge in [0, 0.05) is 36.9 Å². The molecule has 1 N–H and O–H groups in total. The van der Waals surface area contributed by atoms with Crippen molar-refractivity contribution in [1.82, 2.24) is 15.1 Å². The molecule has 0 radical (unpaired) electrons. The quantitative estimate of drug-likeness (QED) is 0.656. The van der Waals surface area contributed by atoms with E-state index in [0.29, 0.717) is 43.7 Å². The van der Waals surface area contributed by atoms with Gasteiger partial charge in [-0.05, 0) is 55.9 Å². The average molecular weight is 476 g/mol. The molecule has 1 saturated carbocycles. The SMILES string of the molecule is C=C1CCC(N2Cc3cc(O[C@H]4CCCC[C@H]4N4CC(OCC(F)F)C4)ccc3C2=O)C(=O)N1. The maximum Gasteiger partial charge on any atom is 0.261 e. The maximum atomic E-state index is 13.0. The zero-order chi connectivity index (χ0) is 23.8. The van der Waals surface area contributed by atoms with Crippen LogP contribution in [0.3, 0.4) is 0 Å². The van der Waals surface area contributed by atoms with E-state index in [1.807, 2.05) is 12.1 Å². The van der Waals surface area contributed by atoms with Gasteiger partial charge >= 0.3 is 0 Å². The van der Waals surface area contributed by atoms with E-state index in [1.54, 1.807) is 11.0 Å². The van der Waals surface area contributed by atoms with Gasteiger partial charge < -0.3 is 19.7 Å². The largest absolute Gasteiger partial charge is 0.489 e. The van der Waals surface area contributed by atoms with Crippen LogP contribution >= 0.6 is 0 Å². The minimum absolute atomic E-state index is 0.00573. The number of piperidine rings is 1. The van der Waals surface area contributed by atoms with Crippen molar-refractivity contribution in [2.45, 2.75) is 75.8 Å². The zero-order valence-corrected chi connectivity index (χ0v) is 19.2. The molecule has 4 aliphatic rings. The summed E-state index contributed by atoms with van der Waals surface area (Å²) < 4.78 is 36.4. The second-order valence-electron chi connectivity index (χ2n) is 9.71. The molecule has 3 aliphatic heterocycles. The van der Waals surface area contributed by atoms with Crippen molar-refractivity contribution in [3.63, 3.8) is 0 Å². The van der Waals surface area contributed by atoms with Gasteiger partial charge in [-0.2, -0.15) is 0 Å². The number of halogens is 2. The fourth-order valence-electron chi connectivity index (χ4n) is 5.57. The van der Waals surface area contributed by atoms with Gasteiger partial charge in [-0.15, -0.1) is 0 Å². The van der Waals surface area contributed by atoms with Crippen LogP contribution in [0.5, 0.6) is 5.75 Å². The van der Waals surface area contributed by atoms with Crippen molar-refractivity contribution < 1.29 is 27.8 Å². The van der Waals surface area contributed by atoms with Crippen LogP contribution in [0.1, 0.15) is 54.4 Å². The number of carbonyl (C=O) groups excluding carboxylic acids is 2. The van der Waals surface area contributed by atoms with Crippen LogP contribution in [0, 0.1) is 0 Å². The lowest BCUT2D eigenvalue weighted by Crippen LogP contribution is -2.61. The van der Waals surface area contributed by atoms with Gasteiger partial charge in [0.05, 0.1) is 6.10 Å². The Kier molecular flexibility index (Phi) is 6.57. The van der Waals surface area contributed by atoms with Crippen LogP contribution in [-0.4, -0.2) is 72.0 Å². The van der Waals surface area contributed by atoms with Crippen molar-refractivity contribution in [3.8, 4) is 5.75 Å². The average Bonchev–Trinajstić information content (AvgIpc) is 3.09. The highest BCUT2D eigenvalue weighted by atomic mass is 19.3. The number of hydrogen-bond donors (Lipinski definition) is 1. The minimum atomic E-state index is -2.44. The highest BCUT2D eigenvalue weighted by molar-refractivity contribution is 6.01. The minimum Gasteiger partial charge on any atom is -0.489 e. The Morgan fingerprint density at radius 3 is 2.71 bits per heavy atom. The van der Waals surface area contributed by atoms with E-state index in [1.165, 1.54) is 0 Å². The Hall–Kier alpha value is -2.52. The van der Waals surface area contributed by atoms with Crippen LogP contribution in [-0.2, 0) is 16.1 Å². The lowest BCUT2D eigenvalue weighted by molar-refractivity contribution is -0.126. The van der Waals surface area contributed by atoms with Gasteiger partial charge in [0.1, 0.15) is 24.5 Å². The molecule has 5 rings (SSSR count). The predicted molar refractivity (Wildman–Crippen MR) is 121 cm³/mol. The van der Waals surface area contributed by atoms with Crippen molar-refractivity contribution in [2.75, 3.05) is 19.7 Å². The van der Waals surface area contributed by atoms with E-state index in [9.17, 15) is 18.4 Å². The molecular formula is C25H31F2N3O4. The summed E-state index contributed by atoms with van der Waals surface area (Å²) in [6.45, 7) is 4.99. The second-order valence-corrected chi connectivity index (χ2v) is 9.71. The molecule has 7 nitrogen and oxygen atoms in total. The number of allylic oxidation sites excluding steroid dienone is 1. The molecule has 0 bridgehead atoms. The lowest BCUT2D eigenvalue weighted by Gasteiger charge is -2.48. The van der Waals surface area contributed by atoms with Gasteiger partial charge in [0.25, 0.3) is 12.3 Å². The van der Waals surface area contributed by atoms with Crippen LogP contribution in [0.15, 0.2) is 30.5 Å². The maximum absolute atomic E-state index is 13.0. The molecule has 1 aromatic rings. The van der Waals surface area contributed by atoms with E-state index in [0.717, 1.165) is 37.0 Å². The molecule has 3 fully saturated rings. The van der Waals surface area contributed by atoms with E-state index in [4.69, 9.17) is 9.47 Å². The molecule has 1 aromatic carbocycles. The van der Waals surface area contributed by atoms with Crippen LogP contribution in [0.25, 0.3) is 0 Å². The van der Waals surface area contributed by atoms with E-state index in [2.05, 4.69) is 16.8 Å². The number of fused-ring (bicyclic) bond motifs is 1. The van der Waals surface area contributed by atoms with Crippen LogP contribution < -0.4 is 10.1 Å². The Balaban J connectivity index is 1.22. The topological polar surface area (TPSA) is 71.1 Å². The smallest absolute Gasteiger partial charge is 0.261 e. The summed E-state index contributed by atoms with van der Waals surface area (Å²) in [4.78, 5) is 29.3. The Morgan fingerprint density at radius 2 is 1.94 bits per heavy atom. The van der Waals surface area contributed by atoms with Crippen molar-refractivity contribution >= 4 is 11.8 Å². The lowest BCUT2D eigenvalue weighted by atomic mass is 9.89. The van der Waals surface area contributed by atoms with Gasteiger partial charge in [0.2, 0.25) is 5.91 Å². The first-order valence-electron chi connectivity index (χ1n) is 12.1. The van der Waals surface area contributed by atoms with E-state index >= 15 is 0 Å². The number of likely N-dealkylation sites (tertiary alicyclic amines) is 1. The standard InChI is InChI=1S/C25H31F2N3O4/c1-15-6-9-21(24(31)28-15)30-11-16-10-17(7-8-19(16)25(30)32)34-22-5-3-2-4-20(22)29-12-18(13-29)33-14-23(26)27/h7-8,10,18,20-23H,1-6,9,11-14H2,(H,28,31)/t20-,21?,22+/m1/s1. The molecule has 0 spiro atoms. The molecule has 0 aromatic heterocycles. The fourth-order valence-corrected chi connectivity index (χ4v) is 5.57. The first kappa shape index (κ1) is 23.2. The Bertz CT molecular complexity index is 965. The summed E-state index contributed by atoms with van der Waals surface area (Å²) in [5.74, 6) is 0.419. The number of rotatable bonds is 7. The third kappa shape index (κ3) is 4.68. The number of nitrogens with zero attached hydrogens (tertiary/aromatic N) is 2. The molecular weight excluding hydrogens is 444 g/mol. The number of nitrogens with one attached hydrogen (secondary N) is 1. The third-order valence-corrected chi connectivity index (χ3v) is 7.37. The molecule has 3 heterocycles. The summed E-state index contributed by atoms with van der Waals surface area (Å²) in [7, 11) is 0. The number of hydrogen-bond acceptors (Lipinski definition) is 5. The first-order valence-corrected chi connectivity index (χ1v) is 12.1. The fraction of sp³-hybridized carbons (Fsp3) is 0.600. The van der Waals surface area contributed by atoms with Gasteiger partial charge in [-0.25, -0.2) is 8.78 Å². The summed E-state index contributed by atoms with van der Waals surface area (Å²) in [6, 6.07) is 5.29. The molecule has 1 unspecified atom stereocenters. The normalized spacial score (nSPS) is 28.1. The number of benzene rings is 1. The molecule has 34 heavy (non-hydrogen) atoms. The third-order valence-electron chi connectivity index (χ3n) is 7.37. The summed E-state index contributed by atoms with van der Waals surface area (Å²) in [5, 5.41) is 2.76. The summed E-state index contributed by atoms with van der Waals surface area (Å²) >= 11 is 0.